The molecule has 0 spiro atoms. The first-order valence-corrected chi connectivity index (χ1v) is 8.90. The summed E-state index contributed by atoms with van der Waals surface area (Å²) in [4.78, 5) is 25.2. The fourth-order valence-corrected chi connectivity index (χ4v) is 3.24. The molecule has 5 nitrogen and oxygen atoms in total. The number of benzene rings is 2. The second kappa shape index (κ2) is 7.44. The van der Waals surface area contributed by atoms with Crippen LogP contribution in [-0.4, -0.2) is 17.6 Å². The van der Waals surface area contributed by atoms with E-state index in [0.29, 0.717) is 16.7 Å². The molecule has 0 aliphatic rings. The number of para-hydroxylation sites is 1. The van der Waals surface area contributed by atoms with Crippen LogP contribution in [0.1, 0.15) is 23.0 Å². The van der Waals surface area contributed by atoms with Crippen LogP contribution in [0.4, 0.5) is 5.69 Å². The van der Waals surface area contributed by atoms with E-state index >= 15 is 0 Å². The smallest absolute Gasteiger partial charge is 0.286 e. The Hall–Kier alpha value is -2.73. The molecular formula is C19H18N2O3S. The molecule has 2 aromatic carbocycles. The summed E-state index contributed by atoms with van der Waals surface area (Å²) in [6.45, 7) is 2.09. The SMILES string of the molecule is CCSc1ccc(CC(=O)Nc2c(C(N)=O)oc3ccccc23)cc1. The first kappa shape index (κ1) is 17.1. The van der Waals surface area contributed by atoms with Crippen LogP contribution < -0.4 is 11.1 Å². The molecule has 0 atom stereocenters. The van der Waals surface area contributed by atoms with Crippen LogP contribution in [0.3, 0.4) is 0 Å². The summed E-state index contributed by atoms with van der Waals surface area (Å²) in [5.41, 5.74) is 7.09. The standard InChI is InChI=1S/C19H18N2O3S/c1-2-25-13-9-7-12(8-10-13)11-16(22)21-17-14-5-3-4-6-15(14)24-18(17)19(20)23/h3-10H,2,11H2,1H3,(H2,20,23)(H,21,22). The van der Waals surface area contributed by atoms with Crippen LogP contribution in [0.5, 0.6) is 0 Å². The molecule has 0 bridgehead atoms. The largest absolute Gasteiger partial charge is 0.449 e. The number of hydrogen-bond acceptors (Lipinski definition) is 4. The van der Waals surface area contributed by atoms with E-state index in [2.05, 4.69) is 12.2 Å². The number of nitrogens with one attached hydrogen (secondary N) is 1. The minimum absolute atomic E-state index is 0.0377. The van der Waals surface area contributed by atoms with E-state index in [4.69, 9.17) is 10.2 Å². The average molecular weight is 354 g/mol. The molecule has 128 valence electrons. The third-order valence-corrected chi connectivity index (χ3v) is 4.58. The molecule has 0 unspecified atom stereocenters. The Bertz CT molecular complexity index is 916. The van der Waals surface area contributed by atoms with Gasteiger partial charge in [0, 0.05) is 10.3 Å². The van der Waals surface area contributed by atoms with Crippen LogP contribution in [0.25, 0.3) is 11.0 Å². The molecule has 0 aliphatic carbocycles. The van der Waals surface area contributed by atoms with Crippen LogP contribution in [0.2, 0.25) is 0 Å². The predicted molar refractivity (Wildman–Crippen MR) is 99.9 cm³/mol. The van der Waals surface area contributed by atoms with E-state index in [-0.39, 0.29) is 18.1 Å². The molecule has 1 heterocycles. The van der Waals surface area contributed by atoms with Crippen molar-refractivity contribution in [2.75, 3.05) is 11.1 Å². The number of primary amides is 1. The summed E-state index contributed by atoms with van der Waals surface area (Å²) in [5, 5.41) is 3.42. The average Bonchev–Trinajstić information content (AvgIpc) is 2.96. The van der Waals surface area contributed by atoms with E-state index < -0.39 is 5.91 Å². The molecule has 0 aliphatic heterocycles. The van der Waals surface area contributed by atoms with Crippen molar-refractivity contribution in [1.29, 1.82) is 0 Å². The topological polar surface area (TPSA) is 85.3 Å². The van der Waals surface area contributed by atoms with Gasteiger partial charge in [0.15, 0.2) is 0 Å². The number of nitrogens with two attached hydrogens (primary N) is 1. The van der Waals surface area contributed by atoms with E-state index in [1.165, 1.54) is 4.90 Å². The molecule has 25 heavy (non-hydrogen) atoms. The Morgan fingerprint density at radius 1 is 1.12 bits per heavy atom. The van der Waals surface area contributed by atoms with Gasteiger partial charge in [-0.3, -0.25) is 9.59 Å². The molecule has 0 saturated heterocycles. The van der Waals surface area contributed by atoms with Gasteiger partial charge in [0.05, 0.1) is 6.42 Å². The van der Waals surface area contributed by atoms with E-state index in [1.807, 2.05) is 30.3 Å². The monoisotopic (exact) mass is 354 g/mol. The molecule has 3 aromatic rings. The molecule has 6 heteroatoms. The lowest BCUT2D eigenvalue weighted by Crippen LogP contribution is -2.18. The van der Waals surface area contributed by atoms with Gasteiger partial charge in [-0.05, 0) is 35.6 Å². The minimum Gasteiger partial charge on any atom is -0.449 e. The van der Waals surface area contributed by atoms with Crippen molar-refractivity contribution < 1.29 is 14.0 Å². The normalized spacial score (nSPS) is 10.8. The van der Waals surface area contributed by atoms with Crippen LogP contribution in [0.15, 0.2) is 57.8 Å². The molecular weight excluding hydrogens is 336 g/mol. The number of furan rings is 1. The summed E-state index contributed by atoms with van der Waals surface area (Å²) in [5.74, 6) is 0.0187. The summed E-state index contributed by atoms with van der Waals surface area (Å²) in [6, 6.07) is 15.0. The first-order chi connectivity index (χ1) is 12.1. The van der Waals surface area contributed by atoms with Gasteiger partial charge in [-0.25, -0.2) is 0 Å². The Morgan fingerprint density at radius 3 is 2.52 bits per heavy atom. The minimum atomic E-state index is -0.715. The number of thioether (sulfide) groups is 1. The molecule has 0 saturated carbocycles. The number of carbonyl (C=O) groups is 2. The van der Waals surface area contributed by atoms with Crippen molar-refractivity contribution in [3.8, 4) is 0 Å². The zero-order valence-electron chi connectivity index (χ0n) is 13.7. The van der Waals surface area contributed by atoms with Gasteiger partial charge >= 0.3 is 0 Å². The van der Waals surface area contributed by atoms with Crippen LogP contribution in [-0.2, 0) is 11.2 Å². The van der Waals surface area contributed by atoms with Gasteiger partial charge in [-0.15, -0.1) is 11.8 Å². The highest BCUT2D eigenvalue weighted by atomic mass is 32.2. The fraction of sp³-hybridized carbons (Fsp3) is 0.158. The van der Waals surface area contributed by atoms with Gasteiger partial charge in [0.2, 0.25) is 11.7 Å². The van der Waals surface area contributed by atoms with Gasteiger partial charge in [0.25, 0.3) is 5.91 Å². The highest BCUT2D eigenvalue weighted by molar-refractivity contribution is 7.99. The van der Waals surface area contributed by atoms with E-state index in [0.717, 1.165) is 11.3 Å². The number of carbonyl (C=O) groups excluding carboxylic acids is 2. The van der Waals surface area contributed by atoms with Gasteiger partial charge in [0.1, 0.15) is 11.3 Å². The van der Waals surface area contributed by atoms with Crippen LogP contribution >= 0.6 is 11.8 Å². The van der Waals surface area contributed by atoms with Crippen molar-refractivity contribution in [2.24, 2.45) is 5.73 Å². The summed E-state index contributed by atoms with van der Waals surface area (Å²) >= 11 is 1.75. The summed E-state index contributed by atoms with van der Waals surface area (Å²) in [7, 11) is 0. The van der Waals surface area contributed by atoms with Gasteiger partial charge < -0.3 is 15.5 Å². The van der Waals surface area contributed by atoms with Crippen molar-refractivity contribution in [3.63, 3.8) is 0 Å². The maximum Gasteiger partial charge on any atom is 0.286 e. The molecule has 0 fully saturated rings. The number of amides is 2. The quantitative estimate of drug-likeness (QED) is 0.659. The molecule has 2 amide bonds. The van der Waals surface area contributed by atoms with Crippen molar-refractivity contribution in [1.82, 2.24) is 0 Å². The molecule has 1 aromatic heterocycles. The highest BCUT2D eigenvalue weighted by Gasteiger charge is 2.20. The second-order valence-corrected chi connectivity index (χ2v) is 6.81. The Morgan fingerprint density at radius 2 is 1.84 bits per heavy atom. The Labute approximate surface area is 149 Å². The number of anilines is 1. The highest BCUT2D eigenvalue weighted by Crippen LogP contribution is 2.30. The third-order valence-electron chi connectivity index (χ3n) is 3.68. The maximum absolute atomic E-state index is 12.4. The van der Waals surface area contributed by atoms with E-state index in [9.17, 15) is 9.59 Å². The Balaban J connectivity index is 1.79. The lowest BCUT2D eigenvalue weighted by Gasteiger charge is -2.06. The lowest BCUT2D eigenvalue weighted by molar-refractivity contribution is -0.115. The molecule has 3 rings (SSSR count). The third kappa shape index (κ3) is 3.85. The van der Waals surface area contributed by atoms with Gasteiger partial charge in [-0.2, -0.15) is 0 Å². The molecule has 0 radical (unpaired) electrons. The van der Waals surface area contributed by atoms with Gasteiger partial charge in [-0.1, -0.05) is 31.2 Å². The summed E-state index contributed by atoms with van der Waals surface area (Å²) in [6.07, 6.45) is 0.203. The maximum atomic E-state index is 12.4. The van der Waals surface area contributed by atoms with Crippen LogP contribution in [0, 0.1) is 0 Å². The zero-order chi connectivity index (χ0) is 17.8. The Kier molecular flexibility index (Phi) is 5.09. The molecule has 3 N–H and O–H groups in total. The lowest BCUT2D eigenvalue weighted by atomic mass is 10.1. The number of fused-ring (bicyclic) bond motifs is 1. The number of hydrogen-bond donors (Lipinski definition) is 2. The van der Waals surface area contributed by atoms with Crippen molar-refractivity contribution in [2.45, 2.75) is 18.2 Å². The van der Waals surface area contributed by atoms with E-state index in [1.54, 1.807) is 30.0 Å². The fourth-order valence-electron chi connectivity index (χ4n) is 2.58. The summed E-state index contributed by atoms with van der Waals surface area (Å²) < 4.78 is 5.46. The first-order valence-electron chi connectivity index (χ1n) is 7.91. The zero-order valence-corrected chi connectivity index (χ0v) is 14.6. The van der Waals surface area contributed by atoms with Crippen molar-refractivity contribution >= 4 is 40.2 Å². The number of rotatable bonds is 6. The predicted octanol–water partition coefficient (Wildman–Crippen LogP) is 3.82. The second-order valence-electron chi connectivity index (χ2n) is 5.47. The van der Waals surface area contributed by atoms with Crippen molar-refractivity contribution in [3.05, 3.63) is 59.9 Å².